The number of benzene rings is 5. The third kappa shape index (κ3) is 3.85. The highest BCUT2D eigenvalue weighted by atomic mass is 16.7. The lowest BCUT2D eigenvalue weighted by Crippen LogP contribution is -2.41. The van der Waals surface area contributed by atoms with E-state index in [2.05, 4.69) is 131 Å². The van der Waals surface area contributed by atoms with Crippen molar-refractivity contribution < 1.29 is 9.31 Å². The second-order valence-corrected chi connectivity index (χ2v) is 10.5. The summed E-state index contributed by atoms with van der Waals surface area (Å²) in [5.41, 5.74) is 5.29. The second-order valence-electron chi connectivity index (χ2n) is 10.5. The maximum absolute atomic E-state index is 6.28. The molecule has 1 saturated heterocycles. The summed E-state index contributed by atoms with van der Waals surface area (Å²) in [5, 5.41) is 4.89. The lowest BCUT2D eigenvalue weighted by molar-refractivity contribution is 0.00578. The van der Waals surface area contributed by atoms with E-state index in [1.165, 1.54) is 43.8 Å². The lowest BCUT2D eigenvalue weighted by atomic mass is 9.78. The van der Waals surface area contributed by atoms with E-state index in [1.807, 2.05) is 0 Å². The largest absolute Gasteiger partial charge is 0.494 e. The predicted molar refractivity (Wildman–Crippen MR) is 148 cm³/mol. The van der Waals surface area contributed by atoms with Crippen molar-refractivity contribution in [1.29, 1.82) is 0 Å². The quantitative estimate of drug-likeness (QED) is 0.260. The van der Waals surface area contributed by atoms with E-state index in [9.17, 15) is 0 Å². The van der Waals surface area contributed by atoms with Crippen molar-refractivity contribution in [2.75, 3.05) is 0 Å². The summed E-state index contributed by atoms with van der Waals surface area (Å²) in [4.78, 5) is 0. The van der Waals surface area contributed by atoms with E-state index >= 15 is 0 Å². The minimum atomic E-state index is -0.353. The first kappa shape index (κ1) is 22.1. The Bertz CT molecular complexity index is 1540. The van der Waals surface area contributed by atoms with Crippen LogP contribution in [-0.2, 0) is 9.31 Å². The van der Waals surface area contributed by atoms with Gasteiger partial charge >= 0.3 is 7.12 Å². The van der Waals surface area contributed by atoms with Crippen LogP contribution in [0.4, 0.5) is 0 Å². The van der Waals surface area contributed by atoms with Crippen molar-refractivity contribution in [3.05, 3.63) is 103 Å². The number of fused-ring (bicyclic) bond motifs is 2. The van der Waals surface area contributed by atoms with E-state index in [0.29, 0.717) is 0 Å². The van der Waals surface area contributed by atoms with Crippen molar-refractivity contribution >= 4 is 34.1 Å². The lowest BCUT2D eigenvalue weighted by Gasteiger charge is -2.32. The van der Waals surface area contributed by atoms with Gasteiger partial charge in [-0.15, -0.1) is 0 Å². The number of hydrogen-bond acceptors (Lipinski definition) is 2. The molecule has 0 radical (unpaired) electrons. The molecule has 0 saturated carbocycles. The topological polar surface area (TPSA) is 18.5 Å². The van der Waals surface area contributed by atoms with Gasteiger partial charge in [0.2, 0.25) is 0 Å². The molecule has 0 aliphatic carbocycles. The van der Waals surface area contributed by atoms with Crippen molar-refractivity contribution in [3.63, 3.8) is 0 Å². The van der Waals surface area contributed by atoms with Crippen LogP contribution in [0.2, 0.25) is 0 Å². The predicted octanol–water partition coefficient (Wildman–Crippen LogP) is 7.63. The van der Waals surface area contributed by atoms with Gasteiger partial charge in [-0.3, -0.25) is 0 Å². The fourth-order valence-corrected chi connectivity index (χ4v) is 4.89. The first-order valence-corrected chi connectivity index (χ1v) is 12.3. The third-order valence-corrected chi connectivity index (χ3v) is 7.67. The molecular weight excluding hydrogens is 427 g/mol. The smallest absolute Gasteiger partial charge is 0.399 e. The Balaban J connectivity index is 1.44. The summed E-state index contributed by atoms with van der Waals surface area (Å²) in [6.45, 7) is 8.37. The molecule has 0 atom stereocenters. The molecule has 0 unspecified atom stereocenters. The van der Waals surface area contributed by atoms with Crippen LogP contribution in [-0.4, -0.2) is 18.3 Å². The van der Waals surface area contributed by atoms with Gasteiger partial charge in [0, 0.05) is 0 Å². The van der Waals surface area contributed by atoms with Crippen LogP contribution < -0.4 is 5.46 Å². The summed E-state index contributed by atoms with van der Waals surface area (Å²) >= 11 is 0. The summed E-state index contributed by atoms with van der Waals surface area (Å²) in [5.74, 6) is 0. The number of rotatable bonds is 3. The molecule has 35 heavy (non-hydrogen) atoms. The van der Waals surface area contributed by atoms with Gasteiger partial charge in [-0.2, -0.15) is 0 Å². The minimum absolute atomic E-state index is 0.347. The van der Waals surface area contributed by atoms with E-state index in [1.54, 1.807) is 0 Å². The molecule has 6 rings (SSSR count). The van der Waals surface area contributed by atoms with Gasteiger partial charge in [-0.05, 0) is 95.2 Å². The Morgan fingerprint density at radius 2 is 1.00 bits per heavy atom. The Kier molecular flexibility index (Phi) is 5.10. The maximum Gasteiger partial charge on any atom is 0.494 e. The Hall–Kier alpha value is -3.40. The number of hydrogen-bond donors (Lipinski definition) is 0. The van der Waals surface area contributed by atoms with Crippen LogP contribution in [0.3, 0.4) is 0 Å². The van der Waals surface area contributed by atoms with E-state index < -0.39 is 0 Å². The van der Waals surface area contributed by atoms with Crippen LogP contribution in [0.5, 0.6) is 0 Å². The highest BCUT2D eigenvalue weighted by Gasteiger charge is 2.51. The molecular formula is C32H29BO2. The fourth-order valence-electron chi connectivity index (χ4n) is 4.89. The van der Waals surface area contributed by atoms with Crippen LogP contribution in [0.15, 0.2) is 103 Å². The van der Waals surface area contributed by atoms with Crippen molar-refractivity contribution in [1.82, 2.24) is 0 Å². The van der Waals surface area contributed by atoms with E-state index in [4.69, 9.17) is 9.31 Å². The molecule has 5 aromatic carbocycles. The first-order valence-electron chi connectivity index (χ1n) is 12.3. The summed E-state index contributed by atoms with van der Waals surface area (Å²) in [6, 6.07) is 37.1. The molecule has 172 valence electrons. The Labute approximate surface area is 207 Å². The molecule has 1 aliphatic heterocycles. The van der Waals surface area contributed by atoms with Crippen LogP contribution >= 0.6 is 0 Å². The van der Waals surface area contributed by atoms with Gasteiger partial charge in [0.25, 0.3) is 0 Å². The van der Waals surface area contributed by atoms with Crippen molar-refractivity contribution in [2.24, 2.45) is 0 Å². The van der Waals surface area contributed by atoms with Gasteiger partial charge in [-0.25, -0.2) is 0 Å². The molecule has 2 nitrogen and oxygen atoms in total. The van der Waals surface area contributed by atoms with Gasteiger partial charge < -0.3 is 9.31 Å². The van der Waals surface area contributed by atoms with Crippen LogP contribution in [0.1, 0.15) is 27.7 Å². The summed E-state index contributed by atoms with van der Waals surface area (Å²) < 4.78 is 12.6. The van der Waals surface area contributed by atoms with Crippen molar-refractivity contribution in [3.8, 4) is 22.3 Å². The van der Waals surface area contributed by atoms with Crippen LogP contribution in [0, 0.1) is 0 Å². The molecule has 5 aromatic rings. The van der Waals surface area contributed by atoms with E-state index in [0.717, 1.165) is 5.46 Å². The standard InChI is InChI=1S/C32H29BO2/c1-31(2)32(3,4)35-33(34-31)28-17-16-25-18-27(15-14-26(25)19-28)30-21-24-13-9-8-12-23(24)20-29(30)22-10-6-5-7-11-22/h5-21H,1-4H3. The average molecular weight is 456 g/mol. The van der Waals surface area contributed by atoms with Crippen LogP contribution in [0.25, 0.3) is 43.8 Å². The SMILES string of the molecule is CC1(C)OB(c2ccc3cc(-c4cc5ccccc5cc4-c4ccccc4)ccc3c2)OC1(C)C. The van der Waals surface area contributed by atoms with Gasteiger partial charge in [0.1, 0.15) is 0 Å². The maximum atomic E-state index is 6.28. The molecule has 3 heteroatoms. The molecule has 1 fully saturated rings. The molecule has 0 amide bonds. The highest BCUT2D eigenvalue weighted by molar-refractivity contribution is 6.62. The minimum Gasteiger partial charge on any atom is -0.399 e. The Morgan fingerprint density at radius 1 is 0.486 bits per heavy atom. The Morgan fingerprint density at radius 3 is 1.66 bits per heavy atom. The monoisotopic (exact) mass is 456 g/mol. The average Bonchev–Trinajstić information content (AvgIpc) is 3.09. The fraction of sp³-hybridized carbons (Fsp3) is 0.188. The zero-order valence-electron chi connectivity index (χ0n) is 20.7. The molecule has 0 bridgehead atoms. The molecule has 1 heterocycles. The molecule has 1 aliphatic rings. The summed E-state index contributed by atoms with van der Waals surface area (Å²) in [6.07, 6.45) is 0. The third-order valence-electron chi connectivity index (χ3n) is 7.67. The van der Waals surface area contributed by atoms with Gasteiger partial charge in [-0.1, -0.05) is 84.9 Å². The normalized spacial score (nSPS) is 16.7. The van der Waals surface area contributed by atoms with Gasteiger partial charge in [0.15, 0.2) is 0 Å². The zero-order chi connectivity index (χ0) is 24.2. The highest BCUT2D eigenvalue weighted by Crippen LogP contribution is 2.38. The molecule has 0 aromatic heterocycles. The van der Waals surface area contributed by atoms with Gasteiger partial charge in [0.05, 0.1) is 11.2 Å². The molecule has 0 N–H and O–H groups in total. The zero-order valence-corrected chi connectivity index (χ0v) is 20.7. The van der Waals surface area contributed by atoms with E-state index in [-0.39, 0.29) is 18.3 Å². The van der Waals surface area contributed by atoms with Crippen molar-refractivity contribution in [2.45, 2.75) is 38.9 Å². The molecule has 0 spiro atoms. The second kappa shape index (κ2) is 8.08. The first-order chi connectivity index (χ1) is 16.8. The summed E-state index contributed by atoms with van der Waals surface area (Å²) in [7, 11) is -0.353.